The summed E-state index contributed by atoms with van der Waals surface area (Å²) in [6.07, 6.45) is -4.69. The van der Waals surface area contributed by atoms with E-state index in [0.717, 1.165) is 0 Å². The molecule has 2 N–H and O–H groups in total. The minimum Gasteiger partial charge on any atom is -0.324 e. The Bertz CT molecular complexity index is 392. The predicted octanol–water partition coefficient (Wildman–Crippen LogP) is 2.41. The summed E-state index contributed by atoms with van der Waals surface area (Å²) in [5.74, 6) is -1.85. The molecule has 0 bridgehead atoms. The van der Waals surface area contributed by atoms with Crippen molar-refractivity contribution < 1.29 is 22.4 Å². The molecule has 0 atom stereocenters. The minimum atomic E-state index is -4.69. The maximum atomic E-state index is 12.7. The molecule has 1 aromatic carbocycles. The van der Waals surface area contributed by atoms with Crippen molar-refractivity contribution in [1.29, 1.82) is 0 Å². The van der Waals surface area contributed by atoms with E-state index in [-0.39, 0.29) is 12.4 Å². The number of alkyl halides is 3. The fraction of sp³-hybridized carbons (Fsp3) is 0.222. The number of halogens is 5. The van der Waals surface area contributed by atoms with Crippen molar-refractivity contribution in [2.45, 2.75) is 6.18 Å². The summed E-state index contributed by atoms with van der Waals surface area (Å²) >= 11 is 0. The van der Waals surface area contributed by atoms with Crippen LogP contribution < -0.4 is 5.73 Å². The monoisotopic (exact) mass is 257 g/mol. The van der Waals surface area contributed by atoms with Crippen LogP contribution in [0.1, 0.15) is 15.9 Å². The number of carbonyl (C=O) groups excluding carboxylic acids is 1. The second-order valence-corrected chi connectivity index (χ2v) is 2.81. The third-order valence-corrected chi connectivity index (χ3v) is 1.77. The molecule has 0 saturated carbocycles. The summed E-state index contributed by atoms with van der Waals surface area (Å²) < 4.78 is 49.8. The first-order valence-corrected chi connectivity index (χ1v) is 3.96. The Kier molecular flexibility index (Phi) is 4.89. The van der Waals surface area contributed by atoms with Crippen molar-refractivity contribution in [3.05, 3.63) is 35.1 Å². The third kappa shape index (κ3) is 3.18. The molecular formula is C9H8ClF4NO. The molecule has 0 radical (unpaired) electrons. The summed E-state index contributed by atoms with van der Waals surface area (Å²) in [7, 11) is 0. The van der Waals surface area contributed by atoms with E-state index in [1.165, 1.54) is 0 Å². The Hall–Kier alpha value is -1.14. The van der Waals surface area contributed by atoms with E-state index in [1.807, 2.05) is 0 Å². The van der Waals surface area contributed by atoms with Crippen molar-refractivity contribution in [3.63, 3.8) is 0 Å². The van der Waals surface area contributed by atoms with Gasteiger partial charge in [0.25, 0.3) is 0 Å². The highest BCUT2D eigenvalue weighted by Crippen LogP contribution is 2.32. The van der Waals surface area contributed by atoms with E-state index in [2.05, 4.69) is 0 Å². The third-order valence-electron chi connectivity index (χ3n) is 1.77. The second kappa shape index (κ2) is 5.27. The highest BCUT2D eigenvalue weighted by Gasteiger charge is 2.34. The van der Waals surface area contributed by atoms with Crippen LogP contribution in [0, 0.1) is 5.82 Å². The van der Waals surface area contributed by atoms with Crippen LogP contribution >= 0.6 is 12.4 Å². The van der Waals surface area contributed by atoms with Crippen molar-refractivity contribution in [2.24, 2.45) is 5.73 Å². The topological polar surface area (TPSA) is 43.1 Å². The molecule has 0 saturated heterocycles. The fourth-order valence-electron chi connectivity index (χ4n) is 1.10. The summed E-state index contributed by atoms with van der Waals surface area (Å²) in [5.41, 5.74) is 3.03. The number of benzene rings is 1. The van der Waals surface area contributed by atoms with Gasteiger partial charge in [-0.3, -0.25) is 4.79 Å². The maximum absolute atomic E-state index is 12.7. The van der Waals surface area contributed by atoms with Crippen LogP contribution in [0.2, 0.25) is 0 Å². The van der Waals surface area contributed by atoms with E-state index in [9.17, 15) is 22.4 Å². The van der Waals surface area contributed by atoms with Crippen molar-refractivity contribution in [3.8, 4) is 0 Å². The second-order valence-electron chi connectivity index (χ2n) is 2.81. The lowest BCUT2D eigenvalue weighted by Crippen LogP contribution is -2.19. The first-order valence-electron chi connectivity index (χ1n) is 3.96. The number of Topliss-reactive ketones (excluding diaryl/α,β-unsaturated/α-hetero) is 1. The van der Waals surface area contributed by atoms with Crippen LogP contribution in [-0.4, -0.2) is 12.3 Å². The summed E-state index contributed by atoms with van der Waals surface area (Å²) in [6.45, 7) is -0.591. The molecule has 0 aromatic heterocycles. The van der Waals surface area contributed by atoms with Gasteiger partial charge in [0.05, 0.1) is 12.1 Å². The van der Waals surface area contributed by atoms with Gasteiger partial charge >= 0.3 is 6.18 Å². The molecular weight excluding hydrogens is 250 g/mol. The molecule has 7 heteroatoms. The molecule has 90 valence electrons. The number of hydrogen-bond acceptors (Lipinski definition) is 2. The lowest BCUT2D eigenvalue weighted by Gasteiger charge is -2.11. The number of rotatable bonds is 2. The molecule has 0 aliphatic carbocycles. The first-order chi connectivity index (χ1) is 6.86. The molecule has 0 aliphatic rings. The normalized spacial score (nSPS) is 10.8. The summed E-state index contributed by atoms with van der Waals surface area (Å²) in [5, 5.41) is 0. The molecule has 0 fully saturated rings. The zero-order valence-electron chi connectivity index (χ0n) is 7.84. The Morgan fingerprint density at radius 3 is 2.31 bits per heavy atom. The Morgan fingerprint density at radius 1 is 1.31 bits per heavy atom. The van der Waals surface area contributed by atoms with Crippen molar-refractivity contribution in [2.75, 3.05) is 6.54 Å². The lowest BCUT2D eigenvalue weighted by molar-refractivity contribution is -0.137. The van der Waals surface area contributed by atoms with Crippen LogP contribution in [0.25, 0.3) is 0 Å². The van der Waals surface area contributed by atoms with Crippen LogP contribution in [0.4, 0.5) is 17.6 Å². The van der Waals surface area contributed by atoms with Gasteiger partial charge in [-0.1, -0.05) is 0 Å². The highest BCUT2D eigenvalue weighted by molar-refractivity contribution is 5.99. The number of carbonyl (C=O) groups is 1. The van der Waals surface area contributed by atoms with E-state index >= 15 is 0 Å². The number of hydrogen-bond donors (Lipinski definition) is 1. The Labute approximate surface area is 94.8 Å². The van der Waals surface area contributed by atoms with Crippen molar-refractivity contribution in [1.82, 2.24) is 0 Å². The van der Waals surface area contributed by atoms with Gasteiger partial charge in [0, 0.05) is 5.56 Å². The molecule has 2 nitrogen and oxygen atoms in total. The Balaban J connectivity index is 0.00000225. The van der Waals surface area contributed by atoms with Gasteiger partial charge in [-0.15, -0.1) is 12.4 Å². The number of nitrogens with two attached hydrogens (primary N) is 1. The number of ketones is 1. The standard InChI is InChI=1S/C9H7F4NO.ClH/c10-5-1-2-7(9(11,12)13)6(3-5)8(15)4-14;/h1-3H,4,14H2;1H. The van der Waals surface area contributed by atoms with E-state index in [4.69, 9.17) is 5.73 Å². The van der Waals surface area contributed by atoms with Gasteiger partial charge in [0.15, 0.2) is 5.78 Å². The minimum absolute atomic E-state index is 0. The lowest BCUT2D eigenvalue weighted by atomic mass is 10.0. The van der Waals surface area contributed by atoms with Crippen LogP contribution in [0.15, 0.2) is 18.2 Å². The molecule has 0 heterocycles. The van der Waals surface area contributed by atoms with E-state index in [1.54, 1.807) is 0 Å². The quantitative estimate of drug-likeness (QED) is 0.653. The predicted molar refractivity (Wildman–Crippen MR) is 52.0 cm³/mol. The SMILES string of the molecule is Cl.NCC(=O)c1cc(F)ccc1C(F)(F)F. The van der Waals surface area contributed by atoms with Gasteiger partial charge < -0.3 is 5.73 Å². The molecule has 0 amide bonds. The van der Waals surface area contributed by atoms with Crippen LogP contribution in [0.3, 0.4) is 0 Å². The fourth-order valence-corrected chi connectivity index (χ4v) is 1.10. The van der Waals surface area contributed by atoms with Gasteiger partial charge in [-0.25, -0.2) is 4.39 Å². The van der Waals surface area contributed by atoms with Gasteiger partial charge in [-0.2, -0.15) is 13.2 Å². The van der Waals surface area contributed by atoms with E-state index in [0.29, 0.717) is 18.2 Å². The first kappa shape index (κ1) is 14.9. The highest BCUT2D eigenvalue weighted by atomic mass is 35.5. The zero-order chi connectivity index (χ0) is 11.6. The molecule has 0 unspecified atom stereocenters. The van der Waals surface area contributed by atoms with Gasteiger partial charge in [0.2, 0.25) is 0 Å². The molecule has 16 heavy (non-hydrogen) atoms. The zero-order valence-corrected chi connectivity index (χ0v) is 8.66. The Morgan fingerprint density at radius 2 is 1.88 bits per heavy atom. The molecule has 1 rings (SSSR count). The molecule has 1 aromatic rings. The average molecular weight is 258 g/mol. The molecule has 0 aliphatic heterocycles. The maximum Gasteiger partial charge on any atom is 0.417 e. The van der Waals surface area contributed by atoms with Gasteiger partial charge in [0.1, 0.15) is 5.82 Å². The average Bonchev–Trinajstić information content (AvgIpc) is 2.14. The smallest absolute Gasteiger partial charge is 0.324 e. The van der Waals surface area contributed by atoms with Crippen LogP contribution in [0.5, 0.6) is 0 Å². The van der Waals surface area contributed by atoms with Crippen molar-refractivity contribution >= 4 is 18.2 Å². The van der Waals surface area contributed by atoms with Gasteiger partial charge in [-0.05, 0) is 18.2 Å². The largest absolute Gasteiger partial charge is 0.417 e. The summed E-state index contributed by atoms with van der Waals surface area (Å²) in [6, 6.07) is 1.71. The summed E-state index contributed by atoms with van der Waals surface area (Å²) in [4.78, 5) is 11.0. The van der Waals surface area contributed by atoms with E-state index < -0.39 is 35.4 Å². The molecule has 0 spiro atoms. The van der Waals surface area contributed by atoms with Crippen LogP contribution in [-0.2, 0) is 6.18 Å².